The van der Waals surface area contributed by atoms with Crippen molar-refractivity contribution < 1.29 is 17.9 Å². The first-order valence-corrected chi connectivity index (χ1v) is 9.08. The van der Waals surface area contributed by atoms with Gasteiger partial charge in [0.15, 0.2) is 0 Å². The van der Waals surface area contributed by atoms with Gasteiger partial charge >= 0.3 is 5.97 Å². The van der Waals surface area contributed by atoms with E-state index in [1.807, 2.05) is 32.0 Å². The molecule has 2 aromatic rings. The van der Waals surface area contributed by atoms with Crippen molar-refractivity contribution in [3.05, 3.63) is 63.1 Å². The van der Waals surface area contributed by atoms with Gasteiger partial charge < -0.3 is 4.74 Å². The minimum absolute atomic E-state index is 0.110. The normalized spacial score (nSPS) is 11.3. The van der Waals surface area contributed by atoms with E-state index in [0.29, 0.717) is 4.47 Å². The molecule has 2 N–H and O–H groups in total. The van der Waals surface area contributed by atoms with E-state index >= 15 is 0 Å². The summed E-state index contributed by atoms with van der Waals surface area (Å²) in [4.78, 5) is 12.1. The Morgan fingerprint density at radius 2 is 1.87 bits per heavy atom. The molecule has 0 fully saturated rings. The van der Waals surface area contributed by atoms with Crippen LogP contribution in [-0.2, 0) is 21.4 Å². The number of hydrogen-bond donors (Lipinski definition) is 1. The summed E-state index contributed by atoms with van der Waals surface area (Å²) in [7, 11) is -3.88. The minimum atomic E-state index is -3.88. The molecule has 0 radical (unpaired) electrons. The van der Waals surface area contributed by atoms with Crippen LogP contribution in [0.15, 0.2) is 45.8 Å². The van der Waals surface area contributed by atoms with Gasteiger partial charge in [-0.3, -0.25) is 0 Å². The van der Waals surface area contributed by atoms with Gasteiger partial charge in [0.2, 0.25) is 10.0 Å². The molecule has 2 rings (SSSR count). The van der Waals surface area contributed by atoms with Crippen LogP contribution in [0.4, 0.5) is 0 Å². The highest BCUT2D eigenvalue weighted by Gasteiger charge is 2.17. The van der Waals surface area contributed by atoms with Crippen LogP contribution in [-0.4, -0.2) is 14.4 Å². The van der Waals surface area contributed by atoms with Gasteiger partial charge in [0.1, 0.15) is 6.61 Å². The number of esters is 1. The van der Waals surface area contributed by atoms with Crippen LogP contribution in [0.2, 0.25) is 0 Å². The van der Waals surface area contributed by atoms with E-state index in [9.17, 15) is 13.2 Å². The molecule has 0 saturated heterocycles. The van der Waals surface area contributed by atoms with E-state index in [1.165, 1.54) is 18.2 Å². The standard InChI is InChI=1S/C16H16BrNO4S/c1-10-3-4-11(2)12(7-10)9-22-16(19)14-8-13(23(18,20)21)5-6-15(14)17/h3-8H,9H2,1-2H3,(H2,18,20,21). The lowest BCUT2D eigenvalue weighted by molar-refractivity contribution is 0.0470. The van der Waals surface area contributed by atoms with Crippen LogP contribution in [0.25, 0.3) is 0 Å². The fraction of sp³-hybridized carbons (Fsp3) is 0.188. The predicted octanol–water partition coefficient (Wildman–Crippen LogP) is 3.07. The Kier molecular flexibility index (Phi) is 5.23. The number of rotatable bonds is 4. The average molecular weight is 398 g/mol. The van der Waals surface area contributed by atoms with Gasteiger partial charge in [0.05, 0.1) is 10.5 Å². The first-order valence-electron chi connectivity index (χ1n) is 6.74. The van der Waals surface area contributed by atoms with Crippen molar-refractivity contribution in [3.8, 4) is 0 Å². The second-order valence-corrected chi connectivity index (χ2v) is 7.61. The number of sulfonamides is 1. The Bertz CT molecular complexity index is 862. The number of ether oxygens (including phenoxy) is 1. The topological polar surface area (TPSA) is 86.5 Å². The van der Waals surface area contributed by atoms with Crippen LogP contribution >= 0.6 is 15.9 Å². The molecule has 122 valence electrons. The second-order valence-electron chi connectivity index (χ2n) is 5.19. The van der Waals surface area contributed by atoms with Crippen LogP contribution in [0.3, 0.4) is 0 Å². The Hall–Kier alpha value is -1.70. The van der Waals surface area contributed by atoms with E-state index in [4.69, 9.17) is 9.88 Å². The van der Waals surface area contributed by atoms with Gasteiger partial charge in [-0.15, -0.1) is 0 Å². The molecule has 5 nitrogen and oxygen atoms in total. The lowest BCUT2D eigenvalue weighted by Gasteiger charge is -2.10. The maximum atomic E-state index is 12.2. The van der Waals surface area contributed by atoms with Crippen LogP contribution in [0, 0.1) is 13.8 Å². The van der Waals surface area contributed by atoms with Gasteiger partial charge in [-0.2, -0.15) is 0 Å². The third-order valence-corrected chi connectivity index (χ3v) is 4.95. The van der Waals surface area contributed by atoms with Gasteiger partial charge in [0, 0.05) is 4.47 Å². The van der Waals surface area contributed by atoms with E-state index in [0.717, 1.165) is 16.7 Å². The lowest BCUT2D eigenvalue weighted by Crippen LogP contribution is -2.14. The molecule has 0 spiro atoms. The molecule has 0 aliphatic rings. The monoisotopic (exact) mass is 397 g/mol. The number of aryl methyl sites for hydroxylation is 2. The zero-order chi connectivity index (χ0) is 17.2. The molecule has 7 heteroatoms. The summed E-state index contributed by atoms with van der Waals surface area (Å²) < 4.78 is 28.5. The lowest BCUT2D eigenvalue weighted by atomic mass is 10.1. The fourth-order valence-electron chi connectivity index (χ4n) is 2.01. The van der Waals surface area contributed by atoms with Gasteiger partial charge in [0.25, 0.3) is 0 Å². The van der Waals surface area contributed by atoms with E-state index in [1.54, 1.807) is 0 Å². The number of halogens is 1. The molecule has 0 unspecified atom stereocenters. The zero-order valence-electron chi connectivity index (χ0n) is 12.7. The van der Waals surface area contributed by atoms with Crippen molar-refractivity contribution >= 4 is 31.9 Å². The molecule has 0 atom stereocenters. The van der Waals surface area contributed by atoms with Crippen molar-refractivity contribution in [2.45, 2.75) is 25.3 Å². The second kappa shape index (κ2) is 6.82. The minimum Gasteiger partial charge on any atom is -0.457 e. The van der Waals surface area contributed by atoms with E-state index in [-0.39, 0.29) is 17.1 Å². The first-order chi connectivity index (χ1) is 10.7. The number of benzene rings is 2. The highest BCUT2D eigenvalue weighted by molar-refractivity contribution is 9.10. The number of primary sulfonamides is 1. The number of nitrogens with two attached hydrogens (primary N) is 1. The molecule has 0 saturated carbocycles. The highest BCUT2D eigenvalue weighted by atomic mass is 79.9. The summed E-state index contributed by atoms with van der Waals surface area (Å²) in [5.41, 5.74) is 3.10. The summed E-state index contributed by atoms with van der Waals surface area (Å²) in [6.45, 7) is 4.00. The summed E-state index contributed by atoms with van der Waals surface area (Å²) in [5, 5.41) is 5.08. The summed E-state index contributed by atoms with van der Waals surface area (Å²) in [5.74, 6) is -0.622. The van der Waals surface area contributed by atoms with Gasteiger partial charge in [-0.05, 0) is 59.1 Å². The Morgan fingerprint density at radius 1 is 1.17 bits per heavy atom. The smallest absolute Gasteiger partial charge is 0.339 e. The fourth-order valence-corrected chi connectivity index (χ4v) is 2.96. The van der Waals surface area contributed by atoms with Gasteiger partial charge in [-0.1, -0.05) is 23.8 Å². The van der Waals surface area contributed by atoms with E-state index in [2.05, 4.69) is 15.9 Å². The van der Waals surface area contributed by atoms with E-state index < -0.39 is 16.0 Å². The molecule has 2 aromatic carbocycles. The Labute approximate surface area is 143 Å². The van der Waals surface area contributed by atoms with Crippen LogP contribution in [0.1, 0.15) is 27.0 Å². The summed E-state index contributed by atoms with van der Waals surface area (Å²) in [6, 6.07) is 9.85. The van der Waals surface area contributed by atoms with Crippen LogP contribution in [0.5, 0.6) is 0 Å². The molecule has 0 bridgehead atoms. The zero-order valence-corrected chi connectivity index (χ0v) is 15.1. The molecule has 0 heterocycles. The molecule has 0 amide bonds. The molecular weight excluding hydrogens is 382 g/mol. The number of carbonyl (C=O) groups excluding carboxylic acids is 1. The van der Waals surface area contributed by atoms with Crippen molar-refractivity contribution in [1.29, 1.82) is 0 Å². The molecule has 0 aliphatic carbocycles. The predicted molar refractivity (Wildman–Crippen MR) is 90.6 cm³/mol. The molecular formula is C16H16BrNO4S. The maximum Gasteiger partial charge on any atom is 0.339 e. The highest BCUT2D eigenvalue weighted by Crippen LogP contribution is 2.22. The molecule has 0 aliphatic heterocycles. The Morgan fingerprint density at radius 3 is 2.52 bits per heavy atom. The van der Waals surface area contributed by atoms with Crippen molar-refractivity contribution in [2.75, 3.05) is 0 Å². The SMILES string of the molecule is Cc1ccc(C)c(COC(=O)c2cc(S(N)(=O)=O)ccc2Br)c1. The number of hydrogen-bond acceptors (Lipinski definition) is 4. The Balaban J connectivity index is 2.22. The maximum absolute atomic E-state index is 12.2. The van der Waals surface area contributed by atoms with Crippen molar-refractivity contribution in [3.63, 3.8) is 0 Å². The van der Waals surface area contributed by atoms with Crippen molar-refractivity contribution in [2.24, 2.45) is 5.14 Å². The molecule has 23 heavy (non-hydrogen) atoms. The van der Waals surface area contributed by atoms with Crippen molar-refractivity contribution in [1.82, 2.24) is 0 Å². The van der Waals surface area contributed by atoms with Gasteiger partial charge in [-0.25, -0.2) is 18.4 Å². The van der Waals surface area contributed by atoms with Crippen LogP contribution < -0.4 is 5.14 Å². The molecule has 0 aromatic heterocycles. The third-order valence-electron chi connectivity index (χ3n) is 3.35. The number of carbonyl (C=O) groups is 1. The first kappa shape index (κ1) is 17.7. The average Bonchev–Trinajstić information content (AvgIpc) is 2.47. The summed E-state index contributed by atoms with van der Waals surface area (Å²) in [6.07, 6.45) is 0. The summed E-state index contributed by atoms with van der Waals surface area (Å²) >= 11 is 3.21. The quantitative estimate of drug-likeness (QED) is 0.802. The third kappa shape index (κ3) is 4.40. The largest absolute Gasteiger partial charge is 0.457 e.